The molecule has 0 bridgehead atoms. The molecule has 0 atom stereocenters. The van der Waals surface area contributed by atoms with Gasteiger partial charge in [0.2, 0.25) is 0 Å². The molecule has 0 unspecified atom stereocenters. The second-order valence-corrected chi connectivity index (χ2v) is 8.01. The van der Waals surface area contributed by atoms with E-state index in [1.165, 1.54) is 0 Å². The van der Waals surface area contributed by atoms with Gasteiger partial charge in [0.05, 0.1) is 0 Å². The van der Waals surface area contributed by atoms with Crippen LogP contribution in [0.1, 0.15) is 52.8 Å². The number of aryl methyl sites for hydroxylation is 1. The van der Waals surface area contributed by atoms with E-state index in [0.29, 0.717) is 21.7 Å². The van der Waals surface area contributed by atoms with Crippen LogP contribution in [0.5, 0.6) is 5.75 Å². The minimum Gasteiger partial charge on any atom is -0.485 e. The van der Waals surface area contributed by atoms with E-state index < -0.39 is 0 Å². The van der Waals surface area contributed by atoms with Crippen LogP contribution >= 0.6 is 23.2 Å². The van der Waals surface area contributed by atoms with E-state index in [0.717, 1.165) is 22.4 Å². The van der Waals surface area contributed by atoms with Crippen LogP contribution < -0.4 is 10.1 Å². The van der Waals surface area contributed by atoms with Gasteiger partial charge in [-0.3, -0.25) is 4.79 Å². The third-order valence-electron chi connectivity index (χ3n) is 4.50. The molecule has 1 aromatic heterocycles. The lowest BCUT2D eigenvalue weighted by Crippen LogP contribution is -2.22. The zero-order valence-corrected chi connectivity index (χ0v) is 18.1. The lowest BCUT2D eigenvalue weighted by molar-refractivity contribution is 0.0919. The Morgan fingerprint density at radius 2 is 1.90 bits per heavy atom. The summed E-state index contributed by atoms with van der Waals surface area (Å²) in [6, 6.07) is 14.7. The molecule has 0 aliphatic carbocycles. The molecule has 4 nitrogen and oxygen atoms in total. The molecule has 29 heavy (non-hydrogen) atoms. The topological polar surface area (TPSA) is 51.5 Å². The number of carbonyl (C=O) groups excluding carboxylic acids is 1. The summed E-state index contributed by atoms with van der Waals surface area (Å²) in [5.74, 6) is 1.67. The molecule has 0 radical (unpaired) electrons. The van der Waals surface area contributed by atoms with Crippen LogP contribution in [0.2, 0.25) is 10.0 Å². The summed E-state index contributed by atoms with van der Waals surface area (Å²) >= 11 is 12.0. The second-order valence-electron chi connectivity index (χ2n) is 7.17. The van der Waals surface area contributed by atoms with Crippen molar-refractivity contribution in [2.24, 2.45) is 0 Å². The van der Waals surface area contributed by atoms with E-state index in [4.69, 9.17) is 32.4 Å². The molecule has 1 amide bonds. The average molecular weight is 432 g/mol. The number of amides is 1. The first kappa shape index (κ1) is 21.3. The van der Waals surface area contributed by atoms with E-state index in [1.807, 2.05) is 13.0 Å². The molecule has 152 valence electrons. The monoisotopic (exact) mass is 431 g/mol. The number of nitrogens with one attached hydrogen (secondary N) is 1. The zero-order valence-electron chi connectivity index (χ0n) is 16.6. The first-order chi connectivity index (χ1) is 13.8. The van der Waals surface area contributed by atoms with Gasteiger partial charge in [0, 0.05) is 16.6 Å². The van der Waals surface area contributed by atoms with Crippen LogP contribution in [0, 0.1) is 6.92 Å². The van der Waals surface area contributed by atoms with Gasteiger partial charge in [0.25, 0.3) is 5.91 Å². The number of benzene rings is 2. The van der Waals surface area contributed by atoms with E-state index in [2.05, 4.69) is 31.3 Å². The molecule has 0 spiro atoms. The van der Waals surface area contributed by atoms with Crippen molar-refractivity contribution in [2.45, 2.75) is 39.8 Å². The normalized spacial score (nSPS) is 11.0. The Kier molecular flexibility index (Phi) is 6.88. The third kappa shape index (κ3) is 5.55. The van der Waals surface area contributed by atoms with Crippen LogP contribution in [0.4, 0.5) is 0 Å². The van der Waals surface area contributed by atoms with Crippen molar-refractivity contribution >= 4 is 29.1 Å². The Morgan fingerprint density at radius 3 is 2.62 bits per heavy atom. The van der Waals surface area contributed by atoms with Crippen LogP contribution in [0.3, 0.4) is 0 Å². The predicted octanol–water partition coefficient (Wildman–Crippen LogP) is 6.53. The van der Waals surface area contributed by atoms with Crippen molar-refractivity contribution in [1.82, 2.24) is 5.32 Å². The average Bonchev–Trinajstić information content (AvgIpc) is 3.14. The highest BCUT2D eigenvalue weighted by Gasteiger charge is 2.14. The molecule has 3 rings (SSSR count). The van der Waals surface area contributed by atoms with Gasteiger partial charge in [0.1, 0.15) is 18.1 Å². The van der Waals surface area contributed by atoms with Crippen molar-refractivity contribution in [3.63, 3.8) is 0 Å². The molecule has 0 saturated carbocycles. The largest absolute Gasteiger partial charge is 0.485 e. The summed E-state index contributed by atoms with van der Waals surface area (Å²) in [5.41, 5.74) is 3.05. The van der Waals surface area contributed by atoms with Gasteiger partial charge in [-0.15, -0.1) is 0 Å². The van der Waals surface area contributed by atoms with E-state index in [9.17, 15) is 4.79 Å². The van der Waals surface area contributed by atoms with Crippen LogP contribution in [0.25, 0.3) is 0 Å². The number of hydrogen-bond acceptors (Lipinski definition) is 3. The Morgan fingerprint density at radius 1 is 1.10 bits per heavy atom. The quantitative estimate of drug-likeness (QED) is 0.462. The molecular weight excluding hydrogens is 409 g/mol. The van der Waals surface area contributed by atoms with Crippen molar-refractivity contribution in [3.8, 4) is 5.75 Å². The number of ether oxygens (including phenoxy) is 1. The Balaban J connectivity index is 1.60. The van der Waals surface area contributed by atoms with Crippen LogP contribution in [0.15, 0.2) is 52.9 Å². The summed E-state index contributed by atoms with van der Waals surface area (Å²) in [4.78, 5) is 12.4. The van der Waals surface area contributed by atoms with Crippen molar-refractivity contribution in [3.05, 3.63) is 86.8 Å². The number of carbonyl (C=O) groups is 1. The van der Waals surface area contributed by atoms with Gasteiger partial charge >= 0.3 is 0 Å². The lowest BCUT2D eigenvalue weighted by Gasteiger charge is -2.14. The number of rotatable bonds is 7. The molecular formula is C23H23Cl2NO3. The van der Waals surface area contributed by atoms with E-state index in [1.54, 1.807) is 30.3 Å². The van der Waals surface area contributed by atoms with Crippen LogP contribution in [-0.4, -0.2) is 5.91 Å². The number of furan rings is 1. The Hall–Kier alpha value is -2.43. The maximum Gasteiger partial charge on any atom is 0.287 e. The van der Waals surface area contributed by atoms with Crippen molar-refractivity contribution < 1.29 is 13.9 Å². The summed E-state index contributed by atoms with van der Waals surface area (Å²) < 4.78 is 11.6. The third-order valence-corrected chi connectivity index (χ3v) is 5.09. The second kappa shape index (κ2) is 9.38. The van der Waals surface area contributed by atoms with E-state index in [-0.39, 0.29) is 24.8 Å². The smallest absolute Gasteiger partial charge is 0.287 e. The van der Waals surface area contributed by atoms with Crippen molar-refractivity contribution in [2.75, 3.05) is 0 Å². The van der Waals surface area contributed by atoms with Gasteiger partial charge < -0.3 is 14.5 Å². The van der Waals surface area contributed by atoms with Crippen molar-refractivity contribution in [1.29, 1.82) is 0 Å². The molecule has 2 aromatic carbocycles. The Bertz CT molecular complexity index is 1010. The zero-order chi connectivity index (χ0) is 21.0. The van der Waals surface area contributed by atoms with E-state index >= 15 is 0 Å². The van der Waals surface area contributed by atoms with Gasteiger partial charge in [-0.25, -0.2) is 0 Å². The molecule has 0 aliphatic rings. The lowest BCUT2D eigenvalue weighted by atomic mass is 10.0. The maximum absolute atomic E-state index is 12.4. The molecule has 1 heterocycles. The van der Waals surface area contributed by atoms with Gasteiger partial charge in [0.15, 0.2) is 5.76 Å². The summed E-state index contributed by atoms with van der Waals surface area (Å²) in [7, 11) is 0. The minimum atomic E-state index is -0.319. The predicted molar refractivity (Wildman–Crippen MR) is 116 cm³/mol. The molecule has 6 heteroatoms. The first-order valence-electron chi connectivity index (χ1n) is 9.37. The fourth-order valence-corrected chi connectivity index (χ4v) is 3.37. The molecule has 0 saturated heterocycles. The molecule has 0 aliphatic heterocycles. The molecule has 1 N–H and O–H groups in total. The fourth-order valence-electron chi connectivity index (χ4n) is 2.90. The van der Waals surface area contributed by atoms with Gasteiger partial charge in [-0.2, -0.15) is 0 Å². The Labute approximate surface area is 180 Å². The maximum atomic E-state index is 12.4. The highest BCUT2D eigenvalue weighted by atomic mass is 35.5. The number of hydrogen-bond donors (Lipinski definition) is 1. The van der Waals surface area contributed by atoms with Gasteiger partial charge in [-0.1, -0.05) is 55.2 Å². The van der Waals surface area contributed by atoms with Crippen LogP contribution in [-0.2, 0) is 13.2 Å². The van der Waals surface area contributed by atoms with Gasteiger partial charge in [-0.05, 0) is 59.9 Å². The summed E-state index contributed by atoms with van der Waals surface area (Å²) in [6.07, 6.45) is 0. The summed E-state index contributed by atoms with van der Waals surface area (Å²) in [5, 5.41) is 3.85. The summed E-state index contributed by atoms with van der Waals surface area (Å²) in [6.45, 7) is 6.81. The molecule has 3 aromatic rings. The first-order valence-corrected chi connectivity index (χ1v) is 10.1. The standard InChI is InChI=1S/C23H23Cl2NO3/c1-14(2)19-8-4-15(3)10-22(19)28-13-18-7-9-21(29-18)23(27)26-12-16-5-6-17(24)11-20(16)25/h4-11,14H,12-13H2,1-3H3,(H,26,27). The SMILES string of the molecule is Cc1ccc(C(C)C)c(OCc2ccc(C(=O)NCc3ccc(Cl)cc3Cl)o2)c1. The number of halogens is 2. The highest BCUT2D eigenvalue weighted by Crippen LogP contribution is 2.28. The highest BCUT2D eigenvalue weighted by molar-refractivity contribution is 6.35. The molecule has 0 fully saturated rings. The fraction of sp³-hybridized carbons (Fsp3) is 0.261. The minimum absolute atomic E-state index is 0.224.